The first-order chi connectivity index (χ1) is 16.0. The first-order valence-corrected chi connectivity index (χ1v) is 11.7. The fourth-order valence-electron chi connectivity index (χ4n) is 2.99. The number of ether oxygens (including phenoxy) is 3. The molecule has 0 heterocycles. The molecule has 0 fully saturated rings. The number of hydrogen-bond donors (Lipinski definition) is 1. The third-order valence-electron chi connectivity index (χ3n) is 4.68. The average molecular weight is 505 g/mol. The molecule has 0 aliphatic carbocycles. The highest BCUT2D eigenvalue weighted by atomic mass is 32.2. The van der Waals surface area contributed by atoms with E-state index in [4.69, 9.17) is 14.2 Å². The lowest BCUT2D eigenvalue weighted by molar-refractivity contribution is -0.137. The molecule has 0 aliphatic heterocycles. The van der Waals surface area contributed by atoms with Crippen molar-refractivity contribution >= 4 is 21.6 Å². The molecule has 12 heteroatoms. The summed E-state index contributed by atoms with van der Waals surface area (Å²) in [5.74, 6) is -0.315. The van der Waals surface area contributed by atoms with Crippen LogP contribution in [-0.2, 0) is 25.7 Å². The molecular formula is C22H27F3N2O6S. The van der Waals surface area contributed by atoms with E-state index in [-0.39, 0.29) is 28.6 Å². The quantitative estimate of drug-likeness (QED) is 0.445. The molecule has 1 N–H and O–H groups in total. The number of hydrogen-bond acceptors (Lipinski definition) is 6. The highest BCUT2D eigenvalue weighted by Crippen LogP contribution is 2.35. The maximum absolute atomic E-state index is 13.5. The summed E-state index contributed by atoms with van der Waals surface area (Å²) in [7, 11) is -1.78. The summed E-state index contributed by atoms with van der Waals surface area (Å²) < 4.78 is 82.8. The highest BCUT2D eigenvalue weighted by Gasteiger charge is 2.33. The van der Waals surface area contributed by atoms with Gasteiger partial charge in [0, 0.05) is 25.8 Å². The van der Waals surface area contributed by atoms with Gasteiger partial charge in [-0.15, -0.1) is 0 Å². The van der Waals surface area contributed by atoms with Gasteiger partial charge in [0.05, 0.1) is 30.4 Å². The topological polar surface area (TPSA) is 94.2 Å². The van der Waals surface area contributed by atoms with Gasteiger partial charge in [-0.1, -0.05) is 6.07 Å². The van der Waals surface area contributed by atoms with Gasteiger partial charge in [-0.05, 0) is 43.7 Å². The SMILES string of the molecule is CCOCCCNC(=O)CN(c1cccc(C(F)(F)F)c1)S(=O)(=O)c1ccc(OC)c(OC)c1. The molecule has 0 saturated heterocycles. The number of anilines is 1. The summed E-state index contributed by atoms with van der Waals surface area (Å²) >= 11 is 0. The van der Waals surface area contributed by atoms with Crippen LogP contribution in [0.3, 0.4) is 0 Å². The number of alkyl halides is 3. The zero-order chi connectivity index (χ0) is 25.4. The van der Waals surface area contributed by atoms with Gasteiger partial charge in [0.2, 0.25) is 5.91 Å². The summed E-state index contributed by atoms with van der Waals surface area (Å²) in [6.07, 6.45) is -4.21. The minimum atomic E-state index is -4.70. The first kappa shape index (κ1) is 27.3. The molecule has 0 aliphatic rings. The Bertz CT molecular complexity index is 1080. The predicted octanol–water partition coefficient (Wildman–Crippen LogP) is 3.46. The minimum absolute atomic E-state index is 0.105. The smallest absolute Gasteiger partial charge is 0.416 e. The molecule has 0 unspecified atom stereocenters. The zero-order valence-electron chi connectivity index (χ0n) is 19.0. The molecule has 0 aromatic heterocycles. The number of carbonyl (C=O) groups is 1. The highest BCUT2D eigenvalue weighted by molar-refractivity contribution is 7.92. The number of halogens is 3. The van der Waals surface area contributed by atoms with Crippen LogP contribution in [-0.4, -0.2) is 54.8 Å². The van der Waals surface area contributed by atoms with Gasteiger partial charge in [-0.2, -0.15) is 13.2 Å². The Balaban J connectivity index is 2.43. The van der Waals surface area contributed by atoms with Crippen molar-refractivity contribution in [1.29, 1.82) is 0 Å². The molecular weight excluding hydrogens is 477 g/mol. The fraction of sp³-hybridized carbons (Fsp3) is 0.409. The van der Waals surface area contributed by atoms with E-state index >= 15 is 0 Å². The number of rotatable bonds is 12. The van der Waals surface area contributed by atoms with Gasteiger partial charge in [-0.3, -0.25) is 9.10 Å². The summed E-state index contributed by atoms with van der Waals surface area (Å²) in [5.41, 5.74) is -1.36. The second kappa shape index (κ2) is 11.9. The van der Waals surface area contributed by atoms with Crippen molar-refractivity contribution in [2.24, 2.45) is 0 Å². The van der Waals surface area contributed by atoms with Crippen molar-refractivity contribution < 1.29 is 40.6 Å². The number of amides is 1. The van der Waals surface area contributed by atoms with Crippen LogP contribution in [0.4, 0.5) is 18.9 Å². The summed E-state index contributed by atoms with van der Waals surface area (Å²) in [4.78, 5) is 12.2. The Morgan fingerprint density at radius 1 is 1.06 bits per heavy atom. The van der Waals surface area contributed by atoms with Crippen molar-refractivity contribution in [3.8, 4) is 11.5 Å². The molecule has 2 aromatic carbocycles. The van der Waals surface area contributed by atoms with Crippen LogP contribution in [0.1, 0.15) is 18.9 Å². The van der Waals surface area contributed by atoms with Gasteiger partial charge in [0.1, 0.15) is 6.54 Å². The Kier molecular flexibility index (Phi) is 9.56. The molecule has 0 radical (unpaired) electrons. The number of benzene rings is 2. The molecule has 0 spiro atoms. The lowest BCUT2D eigenvalue weighted by Gasteiger charge is -2.25. The first-order valence-electron chi connectivity index (χ1n) is 10.3. The molecule has 2 rings (SSSR count). The lowest BCUT2D eigenvalue weighted by Crippen LogP contribution is -2.41. The van der Waals surface area contributed by atoms with E-state index < -0.39 is 34.2 Å². The van der Waals surface area contributed by atoms with E-state index in [1.54, 1.807) is 0 Å². The van der Waals surface area contributed by atoms with Gasteiger partial charge >= 0.3 is 6.18 Å². The summed E-state index contributed by atoms with van der Waals surface area (Å²) in [6, 6.07) is 7.51. The average Bonchev–Trinajstić information content (AvgIpc) is 2.81. The molecule has 0 atom stereocenters. The molecule has 1 amide bonds. The third kappa shape index (κ3) is 7.00. The van der Waals surface area contributed by atoms with Crippen molar-refractivity contribution in [3.05, 3.63) is 48.0 Å². The van der Waals surface area contributed by atoms with E-state index in [0.29, 0.717) is 30.0 Å². The van der Waals surface area contributed by atoms with Crippen LogP contribution in [0.25, 0.3) is 0 Å². The number of methoxy groups -OCH3 is 2. The Hall–Kier alpha value is -2.99. The van der Waals surface area contributed by atoms with Crippen LogP contribution >= 0.6 is 0 Å². The second-order valence-corrected chi connectivity index (χ2v) is 8.84. The normalized spacial score (nSPS) is 11.7. The maximum Gasteiger partial charge on any atom is 0.416 e. The monoisotopic (exact) mass is 504 g/mol. The van der Waals surface area contributed by atoms with Crippen LogP contribution in [0.5, 0.6) is 11.5 Å². The Morgan fingerprint density at radius 2 is 1.76 bits per heavy atom. The Labute approximate surface area is 196 Å². The molecule has 34 heavy (non-hydrogen) atoms. The van der Waals surface area contributed by atoms with Crippen molar-refractivity contribution in [2.75, 3.05) is 44.8 Å². The van der Waals surface area contributed by atoms with Crippen LogP contribution in [0.2, 0.25) is 0 Å². The largest absolute Gasteiger partial charge is 0.493 e. The van der Waals surface area contributed by atoms with Crippen molar-refractivity contribution in [3.63, 3.8) is 0 Å². The van der Waals surface area contributed by atoms with Crippen LogP contribution in [0, 0.1) is 0 Å². The molecule has 0 saturated carbocycles. The minimum Gasteiger partial charge on any atom is -0.493 e. The van der Waals surface area contributed by atoms with Crippen LogP contribution < -0.4 is 19.1 Å². The zero-order valence-corrected chi connectivity index (χ0v) is 19.8. The fourth-order valence-corrected chi connectivity index (χ4v) is 4.42. The summed E-state index contributed by atoms with van der Waals surface area (Å²) in [5, 5.41) is 2.56. The molecule has 2 aromatic rings. The molecule has 188 valence electrons. The van der Waals surface area contributed by atoms with Gasteiger partial charge in [0.15, 0.2) is 11.5 Å². The van der Waals surface area contributed by atoms with Gasteiger partial charge < -0.3 is 19.5 Å². The lowest BCUT2D eigenvalue weighted by atomic mass is 10.2. The molecule has 0 bridgehead atoms. The van der Waals surface area contributed by atoms with Crippen molar-refractivity contribution in [1.82, 2.24) is 5.32 Å². The number of sulfonamides is 1. The van der Waals surface area contributed by atoms with E-state index in [2.05, 4.69) is 5.32 Å². The van der Waals surface area contributed by atoms with Gasteiger partial charge in [-0.25, -0.2) is 8.42 Å². The standard InChI is InChI=1S/C22H27F3N2O6S/c1-4-33-12-6-11-26-21(28)15-27(17-8-5-7-16(13-17)22(23,24)25)34(29,30)18-9-10-19(31-2)20(14-18)32-3/h5,7-10,13-14H,4,6,11-12,15H2,1-3H3,(H,26,28). The van der Waals surface area contributed by atoms with Crippen molar-refractivity contribution in [2.45, 2.75) is 24.4 Å². The van der Waals surface area contributed by atoms with Gasteiger partial charge in [0.25, 0.3) is 10.0 Å². The number of nitrogens with one attached hydrogen (secondary N) is 1. The third-order valence-corrected chi connectivity index (χ3v) is 6.45. The van der Waals surface area contributed by atoms with Crippen LogP contribution in [0.15, 0.2) is 47.4 Å². The van der Waals surface area contributed by atoms with E-state index in [1.165, 1.54) is 38.5 Å². The number of nitrogens with zero attached hydrogens (tertiary/aromatic N) is 1. The van der Waals surface area contributed by atoms with E-state index in [1.807, 2.05) is 6.92 Å². The second-order valence-electron chi connectivity index (χ2n) is 6.98. The van der Waals surface area contributed by atoms with E-state index in [0.717, 1.165) is 12.1 Å². The molecule has 8 nitrogen and oxygen atoms in total. The number of carbonyl (C=O) groups excluding carboxylic acids is 1. The predicted molar refractivity (Wildman–Crippen MR) is 120 cm³/mol. The van der Waals surface area contributed by atoms with E-state index in [9.17, 15) is 26.4 Å². The Morgan fingerprint density at radius 3 is 2.38 bits per heavy atom. The maximum atomic E-state index is 13.5. The summed E-state index contributed by atoms with van der Waals surface area (Å²) in [6.45, 7) is 2.22.